The fourth-order valence-corrected chi connectivity index (χ4v) is 2.62. The molecule has 4 heteroatoms. The third-order valence-corrected chi connectivity index (χ3v) is 3.41. The van der Waals surface area contributed by atoms with Crippen molar-refractivity contribution in [3.63, 3.8) is 0 Å². The summed E-state index contributed by atoms with van der Waals surface area (Å²) in [5.74, 6) is 0. The van der Waals surface area contributed by atoms with Crippen molar-refractivity contribution in [3.05, 3.63) is 32.7 Å². The number of halogens is 1. The van der Waals surface area contributed by atoms with Gasteiger partial charge in [-0.1, -0.05) is 0 Å². The molecule has 2 heterocycles. The Kier molecular flexibility index (Phi) is 3.26. The Labute approximate surface area is 97.6 Å². The van der Waals surface area contributed by atoms with Gasteiger partial charge in [-0.25, -0.2) is 0 Å². The number of nitrogens with zero attached hydrogens (tertiary/aromatic N) is 1. The maximum absolute atomic E-state index is 11.9. The van der Waals surface area contributed by atoms with Crippen LogP contribution in [0.5, 0.6) is 0 Å². The molecule has 0 aliphatic carbocycles. The Morgan fingerprint density at radius 1 is 1.47 bits per heavy atom. The molecule has 1 saturated heterocycles. The van der Waals surface area contributed by atoms with Crippen molar-refractivity contribution in [2.45, 2.75) is 25.8 Å². The smallest absolute Gasteiger partial charge is 0.265 e. The van der Waals surface area contributed by atoms with Gasteiger partial charge in [0.05, 0.1) is 4.47 Å². The van der Waals surface area contributed by atoms with Gasteiger partial charge in [-0.15, -0.1) is 0 Å². The average Bonchev–Trinajstić information content (AvgIpc) is 2.24. The SMILES string of the molecule is Cc1cc(Br)c(=O)n(C2CCNCC2)c1. The van der Waals surface area contributed by atoms with Gasteiger partial charge in [0.2, 0.25) is 0 Å². The van der Waals surface area contributed by atoms with Crippen LogP contribution >= 0.6 is 15.9 Å². The van der Waals surface area contributed by atoms with Crippen molar-refractivity contribution in [2.24, 2.45) is 0 Å². The van der Waals surface area contributed by atoms with Crippen LogP contribution in [0.1, 0.15) is 24.4 Å². The predicted octanol–water partition coefficient (Wildman–Crippen LogP) is 1.84. The number of nitrogens with one attached hydrogen (secondary N) is 1. The van der Waals surface area contributed by atoms with Crippen molar-refractivity contribution in [1.29, 1.82) is 0 Å². The minimum atomic E-state index is 0.0903. The van der Waals surface area contributed by atoms with Crippen molar-refractivity contribution < 1.29 is 0 Å². The molecule has 2 rings (SSSR count). The first-order valence-corrected chi connectivity index (χ1v) is 6.07. The number of hydrogen-bond donors (Lipinski definition) is 1. The lowest BCUT2D eigenvalue weighted by Gasteiger charge is -2.25. The molecule has 0 spiro atoms. The molecule has 1 fully saturated rings. The minimum Gasteiger partial charge on any atom is -0.317 e. The van der Waals surface area contributed by atoms with Crippen LogP contribution in [0.25, 0.3) is 0 Å². The number of piperidine rings is 1. The lowest BCUT2D eigenvalue weighted by molar-refractivity contribution is 0.359. The van der Waals surface area contributed by atoms with Gasteiger partial charge >= 0.3 is 0 Å². The molecule has 1 aromatic rings. The van der Waals surface area contributed by atoms with Crippen molar-refractivity contribution >= 4 is 15.9 Å². The standard InChI is InChI=1S/C11H15BrN2O/c1-8-6-10(12)11(15)14(7-8)9-2-4-13-5-3-9/h6-7,9,13H,2-5H2,1H3. The summed E-state index contributed by atoms with van der Waals surface area (Å²) in [5, 5.41) is 3.31. The van der Waals surface area contributed by atoms with Crippen LogP contribution in [0.4, 0.5) is 0 Å². The van der Waals surface area contributed by atoms with Crippen LogP contribution in [0.3, 0.4) is 0 Å². The molecule has 0 aromatic carbocycles. The topological polar surface area (TPSA) is 34.0 Å². The van der Waals surface area contributed by atoms with E-state index in [4.69, 9.17) is 0 Å². The van der Waals surface area contributed by atoms with E-state index >= 15 is 0 Å². The highest BCUT2D eigenvalue weighted by Crippen LogP contribution is 2.18. The van der Waals surface area contributed by atoms with Crippen LogP contribution in [0, 0.1) is 6.92 Å². The summed E-state index contributed by atoms with van der Waals surface area (Å²) in [7, 11) is 0. The van der Waals surface area contributed by atoms with Gasteiger partial charge in [-0.05, 0) is 60.4 Å². The molecule has 15 heavy (non-hydrogen) atoms. The van der Waals surface area contributed by atoms with Crippen molar-refractivity contribution in [2.75, 3.05) is 13.1 Å². The fourth-order valence-electron chi connectivity index (χ4n) is 2.06. The van der Waals surface area contributed by atoms with Gasteiger partial charge in [-0.2, -0.15) is 0 Å². The van der Waals surface area contributed by atoms with Crippen LogP contribution in [0.15, 0.2) is 21.5 Å². The summed E-state index contributed by atoms with van der Waals surface area (Å²) in [6, 6.07) is 2.23. The second-order valence-corrected chi connectivity index (χ2v) is 4.91. The lowest BCUT2D eigenvalue weighted by atomic mass is 10.1. The lowest BCUT2D eigenvalue weighted by Crippen LogP contribution is -2.34. The van der Waals surface area contributed by atoms with Gasteiger partial charge < -0.3 is 9.88 Å². The first kappa shape index (κ1) is 10.9. The van der Waals surface area contributed by atoms with Gasteiger partial charge in [0.15, 0.2) is 0 Å². The van der Waals surface area contributed by atoms with E-state index in [2.05, 4.69) is 21.2 Å². The monoisotopic (exact) mass is 270 g/mol. The summed E-state index contributed by atoms with van der Waals surface area (Å²) in [4.78, 5) is 11.9. The molecule has 1 aliphatic rings. The van der Waals surface area contributed by atoms with E-state index < -0.39 is 0 Å². The van der Waals surface area contributed by atoms with Crippen molar-refractivity contribution in [3.8, 4) is 0 Å². The molecule has 82 valence electrons. The molecule has 0 atom stereocenters. The molecule has 0 saturated carbocycles. The molecule has 1 aromatic heterocycles. The molecule has 1 aliphatic heterocycles. The van der Waals surface area contributed by atoms with Crippen LogP contribution in [-0.4, -0.2) is 17.7 Å². The average molecular weight is 271 g/mol. The second kappa shape index (κ2) is 4.49. The van der Waals surface area contributed by atoms with Crippen molar-refractivity contribution in [1.82, 2.24) is 9.88 Å². The molecule has 0 radical (unpaired) electrons. The number of pyridine rings is 1. The molecule has 1 N–H and O–H groups in total. The zero-order valence-corrected chi connectivity index (χ0v) is 10.4. The third kappa shape index (κ3) is 2.32. The molecule has 0 amide bonds. The highest BCUT2D eigenvalue weighted by atomic mass is 79.9. The molecule has 3 nitrogen and oxygen atoms in total. The Morgan fingerprint density at radius 2 is 2.13 bits per heavy atom. The summed E-state index contributed by atoms with van der Waals surface area (Å²) in [5.41, 5.74) is 1.22. The molecular formula is C11H15BrN2O. The zero-order chi connectivity index (χ0) is 10.8. The Morgan fingerprint density at radius 3 is 2.80 bits per heavy atom. The van der Waals surface area contributed by atoms with E-state index in [1.54, 1.807) is 0 Å². The molecule has 0 unspecified atom stereocenters. The van der Waals surface area contributed by atoms with E-state index in [1.807, 2.05) is 23.8 Å². The Balaban J connectivity index is 2.38. The summed E-state index contributed by atoms with van der Waals surface area (Å²) in [6.45, 7) is 4.02. The fraction of sp³-hybridized carbons (Fsp3) is 0.545. The number of aromatic nitrogens is 1. The number of rotatable bonds is 1. The quantitative estimate of drug-likeness (QED) is 0.845. The van der Waals surface area contributed by atoms with E-state index in [-0.39, 0.29) is 5.56 Å². The van der Waals surface area contributed by atoms with Crippen LogP contribution in [0.2, 0.25) is 0 Å². The molecular weight excluding hydrogens is 256 g/mol. The maximum Gasteiger partial charge on any atom is 0.265 e. The van der Waals surface area contributed by atoms with Crippen LogP contribution < -0.4 is 10.9 Å². The highest BCUT2D eigenvalue weighted by molar-refractivity contribution is 9.10. The molecule has 0 bridgehead atoms. The van der Waals surface area contributed by atoms with E-state index in [9.17, 15) is 4.79 Å². The van der Waals surface area contributed by atoms with Crippen LogP contribution in [-0.2, 0) is 0 Å². The Hall–Kier alpha value is -0.610. The largest absolute Gasteiger partial charge is 0.317 e. The normalized spacial score (nSPS) is 18.0. The summed E-state index contributed by atoms with van der Waals surface area (Å²) < 4.78 is 2.54. The van der Waals surface area contributed by atoms with Gasteiger partial charge in [0, 0.05) is 12.2 Å². The maximum atomic E-state index is 11.9. The van der Waals surface area contributed by atoms with Gasteiger partial charge in [-0.3, -0.25) is 4.79 Å². The zero-order valence-electron chi connectivity index (χ0n) is 8.79. The number of hydrogen-bond acceptors (Lipinski definition) is 2. The predicted molar refractivity (Wildman–Crippen MR) is 64.3 cm³/mol. The van der Waals surface area contributed by atoms with Gasteiger partial charge in [0.1, 0.15) is 0 Å². The summed E-state index contributed by atoms with van der Waals surface area (Å²) >= 11 is 3.31. The second-order valence-electron chi connectivity index (χ2n) is 4.06. The summed E-state index contributed by atoms with van der Waals surface area (Å²) in [6.07, 6.45) is 4.04. The van der Waals surface area contributed by atoms with E-state index in [0.29, 0.717) is 10.5 Å². The van der Waals surface area contributed by atoms with E-state index in [0.717, 1.165) is 31.5 Å². The Bertz CT molecular complexity index is 408. The third-order valence-electron chi connectivity index (χ3n) is 2.84. The van der Waals surface area contributed by atoms with Gasteiger partial charge in [0.25, 0.3) is 5.56 Å². The van der Waals surface area contributed by atoms with E-state index in [1.165, 1.54) is 0 Å². The highest BCUT2D eigenvalue weighted by Gasteiger charge is 2.16. The number of aryl methyl sites for hydroxylation is 1. The minimum absolute atomic E-state index is 0.0903. The first-order chi connectivity index (χ1) is 7.18. The first-order valence-electron chi connectivity index (χ1n) is 5.27.